The van der Waals surface area contributed by atoms with Crippen molar-refractivity contribution >= 4 is 5.82 Å². The number of rotatable bonds is 5. The highest BCUT2D eigenvalue weighted by Crippen LogP contribution is 2.10. The van der Waals surface area contributed by atoms with Crippen LogP contribution < -0.4 is 16.6 Å². The van der Waals surface area contributed by atoms with Gasteiger partial charge in [0, 0.05) is 27.2 Å². The van der Waals surface area contributed by atoms with E-state index in [-0.39, 0.29) is 11.4 Å². The van der Waals surface area contributed by atoms with Crippen LogP contribution in [0.2, 0.25) is 0 Å². The van der Waals surface area contributed by atoms with E-state index in [0.717, 1.165) is 11.1 Å². The van der Waals surface area contributed by atoms with Gasteiger partial charge in [-0.15, -0.1) is 5.10 Å². The molecule has 1 N–H and O–H groups in total. The van der Waals surface area contributed by atoms with Crippen molar-refractivity contribution in [2.75, 3.05) is 31.5 Å². The van der Waals surface area contributed by atoms with E-state index >= 15 is 0 Å². The average molecular weight is 281 g/mol. The Kier molecular flexibility index (Phi) is 4.59. The molecule has 7 heteroatoms. The van der Waals surface area contributed by atoms with Crippen molar-refractivity contribution in [3.63, 3.8) is 0 Å². The largest absolute Gasteiger partial charge is 0.364 e. The molecular formula is C13H23N5O2. The zero-order valence-corrected chi connectivity index (χ0v) is 12.4. The van der Waals surface area contributed by atoms with Gasteiger partial charge in [-0.3, -0.25) is 9.36 Å². The fourth-order valence-electron chi connectivity index (χ4n) is 2.55. The Bertz CT molecular complexity index is 571. The summed E-state index contributed by atoms with van der Waals surface area (Å²) >= 11 is 0. The van der Waals surface area contributed by atoms with Crippen LogP contribution in [0.1, 0.15) is 19.8 Å². The van der Waals surface area contributed by atoms with E-state index < -0.39 is 5.69 Å². The smallest absolute Gasteiger partial charge is 0.346 e. The fraction of sp³-hybridized carbons (Fsp3) is 0.769. The lowest BCUT2D eigenvalue weighted by atomic mass is 10.1. The first-order valence-electron chi connectivity index (χ1n) is 7.09. The van der Waals surface area contributed by atoms with E-state index in [1.165, 1.54) is 37.7 Å². The molecule has 1 unspecified atom stereocenters. The number of anilines is 1. The molecule has 2 heterocycles. The molecule has 1 fully saturated rings. The third kappa shape index (κ3) is 3.27. The highest BCUT2D eigenvalue weighted by Gasteiger charge is 2.15. The molecule has 112 valence electrons. The fourth-order valence-corrected chi connectivity index (χ4v) is 2.55. The third-order valence-corrected chi connectivity index (χ3v) is 3.71. The monoisotopic (exact) mass is 281 g/mol. The van der Waals surface area contributed by atoms with Gasteiger partial charge < -0.3 is 10.2 Å². The summed E-state index contributed by atoms with van der Waals surface area (Å²) in [5.74, 6) is 0.666. The van der Waals surface area contributed by atoms with Gasteiger partial charge in [-0.2, -0.15) is 0 Å². The first-order valence-corrected chi connectivity index (χ1v) is 7.09. The third-order valence-electron chi connectivity index (χ3n) is 3.71. The quantitative estimate of drug-likeness (QED) is 0.797. The summed E-state index contributed by atoms with van der Waals surface area (Å²) in [5.41, 5.74) is -0.785. The molecule has 7 nitrogen and oxygen atoms in total. The van der Waals surface area contributed by atoms with Gasteiger partial charge in [-0.05, 0) is 31.8 Å². The molecule has 0 amide bonds. The summed E-state index contributed by atoms with van der Waals surface area (Å²) in [6.07, 6.45) is 2.56. The van der Waals surface area contributed by atoms with Crippen molar-refractivity contribution in [3.05, 3.63) is 20.8 Å². The normalized spacial score (nSPS) is 17.4. The van der Waals surface area contributed by atoms with Crippen molar-refractivity contribution < 1.29 is 0 Å². The molecule has 0 aromatic carbocycles. The lowest BCUT2D eigenvalue weighted by Crippen LogP contribution is -2.40. The molecule has 1 aromatic heterocycles. The summed E-state index contributed by atoms with van der Waals surface area (Å²) in [6.45, 7) is 6.20. The van der Waals surface area contributed by atoms with Gasteiger partial charge in [-0.25, -0.2) is 9.48 Å². The second-order valence-electron chi connectivity index (χ2n) is 5.61. The molecule has 1 atom stereocenters. The van der Waals surface area contributed by atoms with Crippen molar-refractivity contribution in [3.8, 4) is 0 Å². The first-order chi connectivity index (χ1) is 9.49. The molecule has 20 heavy (non-hydrogen) atoms. The number of aromatic nitrogens is 3. The average Bonchev–Trinajstić information content (AvgIpc) is 2.92. The van der Waals surface area contributed by atoms with Gasteiger partial charge in [0.15, 0.2) is 0 Å². The maximum absolute atomic E-state index is 11.9. The van der Waals surface area contributed by atoms with Crippen LogP contribution in [0.5, 0.6) is 0 Å². The molecule has 1 aliphatic heterocycles. The summed E-state index contributed by atoms with van der Waals surface area (Å²) in [6, 6.07) is 0. The van der Waals surface area contributed by atoms with Crippen molar-refractivity contribution in [1.82, 2.24) is 19.2 Å². The highest BCUT2D eigenvalue weighted by molar-refractivity contribution is 5.29. The molecule has 1 saturated heterocycles. The standard InChI is InChI=1S/C13H23N5O2/c1-10(9-18-6-4-5-7-18)8-14-11-12(19)16(2)13(20)17(3)15-11/h10H,4-9H2,1-3H3,(H,14,15). The summed E-state index contributed by atoms with van der Waals surface area (Å²) in [5, 5.41) is 7.05. The van der Waals surface area contributed by atoms with Gasteiger partial charge in [0.05, 0.1) is 0 Å². The van der Waals surface area contributed by atoms with Gasteiger partial charge in [0.25, 0.3) is 5.56 Å². The highest BCUT2D eigenvalue weighted by atomic mass is 16.2. The van der Waals surface area contributed by atoms with Gasteiger partial charge in [0.2, 0.25) is 5.82 Å². The minimum absolute atomic E-state index is 0.239. The Hall–Kier alpha value is -1.63. The van der Waals surface area contributed by atoms with Crippen molar-refractivity contribution in [2.45, 2.75) is 19.8 Å². The van der Waals surface area contributed by atoms with E-state index in [9.17, 15) is 9.59 Å². The SMILES string of the molecule is CC(CNc1nn(C)c(=O)n(C)c1=O)CN1CCCC1. The number of hydrogen-bond donors (Lipinski definition) is 1. The van der Waals surface area contributed by atoms with Gasteiger partial charge >= 0.3 is 5.69 Å². The number of nitrogens with zero attached hydrogens (tertiary/aromatic N) is 4. The summed E-state index contributed by atoms with van der Waals surface area (Å²) in [7, 11) is 3.01. The molecule has 2 rings (SSSR count). The Morgan fingerprint density at radius 3 is 2.55 bits per heavy atom. The van der Waals surface area contributed by atoms with Crippen molar-refractivity contribution in [1.29, 1.82) is 0 Å². The molecule has 1 aromatic rings. The van der Waals surface area contributed by atoms with E-state index in [2.05, 4.69) is 22.2 Å². The predicted molar refractivity (Wildman–Crippen MR) is 78.0 cm³/mol. The Labute approximate surface area is 118 Å². The second-order valence-corrected chi connectivity index (χ2v) is 5.61. The van der Waals surface area contributed by atoms with E-state index in [1.807, 2.05) is 0 Å². The van der Waals surface area contributed by atoms with Crippen LogP contribution in [0.4, 0.5) is 5.82 Å². The topological polar surface area (TPSA) is 72.2 Å². The summed E-state index contributed by atoms with van der Waals surface area (Å²) < 4.78 is 2.25. The molecule has 0 saturated carbocycles. The Morgan fingerprint density at radius 2 is 1.90 bits per heavy atom. The minimum atomic E-state index is -0.411. The second kappa shape index (κ2) is 6.21. The molecule has 0 aliphatic carbocycles. The van der Waals surface area contributed by atoms with Crippen LogP contribution in [0, 0.1) is 5.92 Å². The molecule has 1 aliphatic rings. The number of hydrogen-bond acceptors (Lipinski definition) is 5. The minimum Gasteiger partial charge on any atom is -0.364 e. The van der Waals surface area contributed by atoms with Crippen LogP contribution in [-0.4, -0.2) is 45.4 Å². The number of nitrogens with one attached hydrogen (secondary N) is 1. The molecular weight excluding hydrogens is 258 g/mol. The van der Waals surface area contributed by atoms with Crippen LogP contribution in [0.15, 0.2) is 9.59 Å². The lowest BCUT2D eigenvalue weighted by Gasteiger charge is -2.20. The van der Waals surface area contributed by atoms with Crippen LogP contribution in [0.25, 0.3) is 0 Å². The molecule has 0 bridgehead atoms. The Balaban J connectivity index is 1.96. The van der Waals surface area contributed by atoms with Gasteiger partial charge in [0.1, 0.15) is 0 Å². The zero-order chi connectivity index (χ0) is 14.7. The zero-order valence-electron chi connectivity index (χ0n) is 12.4. The van der Waals surface area contributed by atoms with Crippen LogP contribution in [0.3, 0.4) is 0 Å². The molecule has 0 radical (unpaired) electrons. The predicted octanol–water partition coefficient (Wildman–Crippen LogP) is -0.377. The van der Waals surface area contributed by atoms with E-state index in [4.69, 9.17) is 0 Å². The van der Waals surface area contributed by atoms with Crippen molar-refractivity contribution in [2.24, 2.45) is 20.0 Å². The van der Waals surface area contributed by atoms with E-state index in [0.29, 0.717) is 12.5 Å². The summed E-state index contributed by atoms with van der Waals surface area (Å²) in [4.78, 5) is 25.9. The Morgan fingerprint density at radius 1 is 1.25 bits per heavy atom. The maximum Gasteiger partial charge on any atom is 0.346 e. The maximum atomic E-state index is 11.9. The van der Waals surface area contributed by atoms with Crippen LogP contribution in [-0.2, 0) is 14.1 Å². The number of likely N-dealkylation sites (tertiary alicyclic amines) is 1. The molecule has 0 spiro atoms. The number of aryl methyl sites for hydroxylation is 1. The lowest BCUT2D eigenvalue weighted by molar-refractivity contribution is 0.294. The van der Waals surface area contributed by atoms with Crippen LogP contribution >= 0.6 is 0 Å². The first kappa shape index (κ1) is 14.8. The van der Waals surface area contributed by atoms with Gasteiger partial charge in [-0.1, -0.05) is 6.92 Å². The van der Waals surface area contributed by atoms with E-state index in [1.54, 1.807) is 7.05 Å².